The van der Waals surface area contributed by atoms with E-state index in [0.717, 1.165) is 37.6 Å². The SMILES string of the molecule is COCCC1C=Cc2ccc(N3CCNCC3O)nc21. The van der Waals surface area contributed by atoms with Crippen molar-refractivity contribution in [2.24, 2.45) is 0 Å². The van der Waals surface area contributed by atoms with Crippen LogP contribution < -0.4 is 10.2 Å². The van der Waals surface area contributed by atoms with Gasteiger partial charge in [0, 0.05) is 39.3 Å². The predicted molar refractivity (Wildman–Crippen MR) is 78.7 cm³/mol. The van der Waals surface area contributed by atoms with E-state index in [4.69, 9.17) is 9.72 Å². The summed E-state index contributed by atoms with van der Waals surface area (Å²) in [4.78, 5) is 6.74. The van der Waals surface area contributed by atoms with Crippen molar-refractivity contribution in [2.45, 2.75) is 18.6 Å². The Bertz CT molecular complexity index is 504. The number of aromatic nitrogens is 1. The Morgan fingerprint density at radius 3 is 3.20 bits per heavy atom. The van der Waals surface area contributed by atoms with Gasteiger partial charge in [0.25, 0.3) is 0 Å². The molecule has 0 saturated carbocycles. The normalized spacial score (nSPS) is 25.0. The molecule has 1 aromatic rings. The maximum absolute atomic E-state index is 10.1. The highest BCUT2D eigenvalue weighted by molar-refractivity contribution is 5.62. The summed E-state index contributed by atoms with van der Waals surface area (Å²) in [6.07, 6.45) is 4.76. The van der Waals surface area contributed by atoms with E-state index in [2.05, 4.69) is 23.5 Å². The topological polar surface area (TPSA) is 57.6 Å². The van der Waals surface area contributed by atoms with Crippen molar-refractivity contribution in [3.8, 4) is 0 Å². The lowest BCUT2D eigenvalue weighted by atomic mass is 10.0. The monoisotopic (exact) mass is 275 g/mol. The summed E-state index contributed by atoms with van der Waals surface area (Å²) < 4.78 is 5.16. The maximum Gasteiger partial charge on any atom is 0.140 e. The van der Waals surface area contributed by atoms with Crippen molar-refractivity contribution in [3.63, 3.8) is 0 Å². The van der Waals surface area contributed by atoms with Gasteiger partial charge in [0.1, 0.15) is 12.0 Å². The van der Waals surface area contributed by atoms with Crippen molar-refractivity contribution in [1.82, 2.24) is 10.3 Å². The molecule has 5 nitrogen and oxygen atoms in total. The summed E-state index contributed by atoms with van der Waals surface area (Å²) in [6.45, 7) is 2.98. The van der Waals surface area contributed by atoms with Crippen LogP contribution in [0.1, 0.15) is 23.6 Å². The molecule has 1 aliphatic carbocycles. The smallest absolute Gasteiger partial charge is 0.140 e. The molecular formula is C15H21N3O2. The molecular weight excluding hydrogens is 254 g/mol. The summed E-state index contributed by atoms with van der Waals surface area (Å²) in [6, 6.07) is 4.09. The number of nitrogens with one attached hydrogen (secondary N) is 1. The van der Waals surface area contributed by atoms with E-state index in [1.807, 2.05) is 11.0 Å². The summed E-state index contributed by atoms with van der Waals surface area (Å²) in [5, 5.41) is 13.2. The third-order valence-electron chi connectivity index (χ3n) is 3.95. The van der Waals surface area contributed by atoms with E-state index in [-0.39, 0.29) is 0 Å². The van der Waals surface area contributed by atoms with Gasteiger partial charge < -0.3 is 20.1 Å². The van der Waals surface area contributed by atoms with E-state index >= 15 is 0 Å². The summed E-state index contributed by atoms with van der Waals surface area (Å²) in [5.74, 6) is 1.19. The van der Waals surface area contributed by atoms with Crippen LogP contribution in [0.5, 0.6) is 0 Å². The molecule has 2 unspecified atom stereocenters. The molecule has 0 bridgehead atoms. The van der Waals surface area contributed by atoms with Crippen LogP contribution in [-0.4, -0.2) is 49.7 Å². The van der Waals surface area contributed by atoms with Crippen LogP contribution in [0, 0.1) is 0 Å². The van der Waals surface area contributed by atoms with Gasteiger partial charge in [-0.3, -0.25) is 0 Å². The number of pyridine rings is 1. The Morgan fingerprint density at radius 2 is 2.40 bits per heavy atom. The van der Waals surface area contributed by atoms with Crippen molar-refractivity contribution < 1.29 is 9.84 Å². The second-order valence-electron chi connectivity index (χ2n) is 5.27. The Kier molecular flexibility index (Phi) is 4.00. The van der Waals surface area contributed by atoms with Crippen LogP contribution >= 0.6 is 0 Å². The molecule has 2 N–H and O–H groups in total. The first kappa shape index (κ1) is 13.5. The summed E-state index contributed by atoms with van der Waals surface area (Å²) in [5.41, 5.74) is 2.28. The van der Waals surface area contributed by atoms with E-state index < -0.39 is 6.23 Å². The molecule has 1 fully saturated rings. The van der Waals surface area contributed by atoms with Crippen molar-refractivity contribution >= 4 is 11.9 Å². The average molecular weight is 275 g/mol. The van der Waals surface area contributed by atoms with Gasteiger partial charge in [0.05, 0.1) is 5.69 Å². The molecule has 1 aromatic heterocycles. The fourth-order valence-electron chi connectivity index (χ4n) is 2.82. The number of anilines is 1. The van der Waals surface area contributed by atoms with E-state index in [9.17, 15) is 5.11 Å². The number of aliphatic hydroxyl groups is 1. The minimum absolute atomic E-state index is 0.324. The first-order chi connectivity index (χ1) is 9.79. The predicted octanol–water partition coefficient (Wildman–Crippen LogP) is 0.956. The second-order valence-corrected chi connectivity index (χ2v) is 5.27. The van der Waals surface area contributed by atoms with E-state index in [1.165, 1.54) is 5.56 Å². The number of hydrogen-bond donors (Lipinski definition) is 2. The number of methoxy groups -OCH3 is 1. The molecule has 0 aromatic carbocycles. The fourth-order valence-corrected chi connectivity index (χ4v) is 2.82. The minimum atomic E-state index is -0.499. The first-order valence-electron chi connectivity index (χ1n) is 7.13. The molecule has 0 radical (unpaired) electrons. The zero-order valence-electron chi connectivity index (χ0n) is 11.7. The van der Waals surface area contributed by atoms with E-state index in [0.29, 0.717) is 12.5 Å². The number of β-amino-alcohol motifs (C(OH)–C–C–N with tert-alkyl or cyclic N) is 1. The van der Waals surface area contributed by atoms with Crippen molar-refractivity contribution in [3.05, 3.63) is 29.5 Å². The van der Waals surface area contributed by atoms with E-state index in [1.54, 1.807) is 7.11 Å². The maximum atomic E-state index is 10.1. The van der Waals surface area contributed by atoms with Crippen LogP contribution in [0.4, 0.5) is 5.82 Å². The molecule has 108 valence electrons. The fraction of sp³-hybridized carbons (Fsp3) is 0.533. The Labute approximate surface area is 119 Å². The highest BCUT2D eigenvalue weighted by atomic mass is 16.5. The van der Waals surface area contributed by atoms with Crippen LogP contribution in [0.3, 0.4) is 0 Å². The zero-order chi connectivity index (χ0) is 13.9. The van der Waals surface area contributed by atoms with Gasteiger partial charge in [0.15, 0.2) is 0 Å². The van der Waals surface area contributed by atoms with Crippen LogP contribution in [-0.2, 0) is 4.74 Å². The number of rotatable bonds is 4. The average Bonchev–Trinajstić information content (AvgIpc) is 2.88. The molecule has 0 spiro atoms. The van der Waals surface area contributed by atoms with Gasteiger partial charge in [0.2, 0.25) is 0 Å². The second kappa shape index (κ2) is 5.91. The summed E-state index contributed by atoms with van der Waals surface area (Å²) >= 11 is 0. The highest BCUT2D eigenvalue weighted by Crippen LogP contribution is 2.32. The molecule has 2 aliphatic rings. The number of allylic oxidation sites excluding steroid dienone is 1. The molecule has 0 amide bonds. The third-order valence-corrected chi connectivity index (χ3v) is 3.95. The quantitative estimate of drug-likeness (QED) is 0.857. The minimum Gasteiger partial charge on any atom is -0.385 e. The molecule has 1 aliphatic heterocycles. The molecule has 2 atom stereocenters. The number of nitrogens with zero attached hydrogens (tertiary/aromatic N) is 2. The van der Waals surface area contributed by atoms with Gasteiger partial charge in [-0.25, -0.2) is 4.98 Å². The largest absolute Gasteiger partial charge is 0.385 e. The zero-order valence-corrected chi connectivity index (χ0v) is 11.7. The number of aliphatic hydroxyl groups excluding tert-OH is 1. The van der Waals surface area contributed by atoms with Gasteiger partial charge in [-0.1, -0.05) is 12.2 Å². The molecule has 3 rings (SSSR count). The van der Waals surface area contributed by atoms with Crippen LogP contribution in [0.2, 0.25) is 0 Å². The third kappa shape index (κ3) is 2.57. The number of piperazine rings is 1. The number of hydrogen-bond acceptors (Lipinski definition) is 5. The van der Waals surface area contributed by atoms with Gasteiger partial charge in [-0.05, 0) is 24.1 Å². The Balaban J connectivity index is 1.82. The standard InChI is InChI=1S/C15H21N3O2/c1-20-9-6-12-3-2-11-4-5-13(17-15(11)12)18-8-7-16-10-14(18)19/h2-5,12,14,16,19H,6-10H2,1H3. The van der Waals surface area contributed by atoms with Gasteiger partial charge in [-0.2, -0.15) is 0 Å². The molecule has 2 heterocycles. The lowest BCUT2D eigenvalue weighted by molar-refractivity contribution is 0.151. The molecule has 20 heavy (non-hydrogen) atoms. The number of ether oxygens (including phenoxy) is 1. The van der Waals surface area contributed by atoms with Crippen molar-refractivity contribution in [2.75, 3.05) is 38.3 Å². The number of fused-ring (bicyclic) bond motifs is 1. The van der Waals surface area contributed by atoms with Crippen LogP contribution in [0.25, 0.3) is 6.08 Å². The first-order valence-corrected chi connectivity index (χ1v) is 7.13. The van der Waals surface area contributed by atoms with Crippen molar-refractivity contribution in [1.29, 1.82) is 0 Å². The Hall–Kier alpha value is -1.43. The highest BCUT2D eigenvalue weighted by Gasteiger charge is 2.24. The summed E-state index contributed by atoms with van der Waals surface area (Å²) in [7, 11) is 1.72. The molecule has 1 saturated heterocycles. The van der Waals surface area contributed by atoms with Gasteiger partial charge >= 0.3 is 0 Å². The van der Waals surface area contributed by atoms with Gasteiger partial charge in [-0.15, -0.1) is 0 Å². The lowest BCUT2D eigenvalue weighted by Gasteiger charge is -2.34. The Morgan fingerprint density at radius 1 is 1.50 bits per heavy atom. The lowest BCUT2D eigenvalue weighted by Crippen LogP contribution is -2.51. The molecule has 5 heteroatoms. The van der Waals surface area contributed by atoms with Crippen LogP contribution in [0.15, 0.2) is 18.2 Å².